The Bertz CT molecular complexity index is 767. The Morgan fingerprint density at radius 3 is 2.39 bits per heavy atom. The van der Waals surface area contributed by atoms with E-state index in [4.69, 9.17) is 11.6 Å². The molecule has 0 aliphatic carbocycles. The molecule has 2 rings (SSSR count). The molecule has 0 bridgehead atoms. The van der Waals surface area contributed by atoms with Crippen molar-refractivity contribution in [1.29, 1.82) is 0 Å². The van der Waals surface area contributed by atoms with Crippen molar-refractivity contribution in [2.45, 2.75) is 45.1 Å². The van der Waals surface area contributed by atoms with Crippen molar-refractivity contribution in [2.75, 3.05) is 6.54 Å². The van der Waals surface area contributed by atoms with E-state index in [1.54, 1.807) is 12.1 Å². The molecular formula is C16H22ClN3O2S. The zero-order valence-corrected chi connectivity index (χ0v) is 15.2. The van der Waals surface area contributed by atoms with Crippen molar-refractivity contribution in [3.05, 3.63) is 46.2 Å². The van der Waals surface area contributed by atoms with E-state index >= 15 is 0 Å². The maximum atomic E-state index is 12.2. The van der Waals surface area contributed by atoms with Gasteiger partial charge in [0.15, 0.2) is 0 Å². The number of nitrogens with zero attached hydrogens (tertiary/aromatic N) is 2. The summed E-state index contributed by atoms with van der Waals surface area (Å²) in [5.41, 5.74) is 2.81. The molecule has 0 aliphatic rings. The third kappa shape index (κ3) is 4.34. The van der Waals surface area contributed by atoms with E-state index in [9.17, 15) is 8.42 Å². The Labute approximate surface area is 142 Å². The maximum absolute atomic E-state index is 12.2. The third-order valence-corrected chi connectivity index (χ3v) is 5.80. The number of halogens is 1. The average Bonchev–Trinajstić information content (AvgIpc) is 2.79. The molecule has 7 heteroatoms. The van der Waals surface area contributed by atoms with Crippen LogP contribution in [0.25, 0.3) is 0 Å². The molecule has 0 atom stereocenters. The molecule has 1 aromatic carbocycles. The summed E-state index contributed by atoms with van der Waals surface area (Å²) >= 11 is 6.09. The fourth-order valence-corrected chi connectivity index (χ4v) is 3.53. The summed E-state index contributed by atoms with van der Waals surface area (Å²) in [6.45, 7) is 6.77. The Hall–Kier alpha value is -1.37. The lowest BCUT2D eigenvalue weighted by atomic mass is 10.2. The van der Waals surface area contributed by atoms with Crippen molar-refractivity contribution >= 4 is 21.6 Å². The van der Waals surface area contributed by atoms with E-state index < -0.39 is 10.0 Å². The Kier molecular flexibility index (Phi) is 5.84. The highest BCUT2D eigenvalue weighted by molar-refractivity contribution is 7.89. The van der Waals surface area contributed by atoms with Gasteiger partial charge in [0, 0.05) is 13.1 Å². The Balaban J connectivity index is 1.90. The predicted octanol–water partition coefficient (Wildman–Crippen LogP) is 3.08. The molecule has 1 aromatic heterocycles. The van der Waals surface area contributed by atoms with Gasteiger partial charge in [0.05, 0.1) is 21.3 Å². The minimum absolute atomic E-state index is 0.295. The van der Waals surface area contributed by atoms with Crippen LogP contribution in [0.3, 0.4) is 0 Å². The van der Waals surface area contributed by atoms with Crippen molar-refractivity contribution in [1.82, 2.24) is 14.5 Å². The van der Waals surface area contributed by atoms with Crippen LogP contribution in [0.4, 0.5) is 0 Å². The molecule has 0 fully saturated rings. The van der Waals surface area contributed by atoms with Gasteiger partial charge in [-0.15, -0.1) is 0 Å². The molecule has 2 aromatic rings. The van der Waals surface area contributed by atoms with E-state index in [1.807, 2.05) is 37.6 Å². The molecule has 0 unspecified atom stereocenters. The largest absolute Gasteiger partial charge is 0.268 e. The van der Waals surface area contributed by atoms with E-state index in [2.05, 4.69) is 9.82 Å². The first-order valence-corrected chi connectivity index (χ1v) is 9.49. The summed E-state index contributed by atoms with van der Waals surface area (Å²) in [7, 11) is -3.46. The molecule has 1 heterocycles. The number of aromatic nitrogens is 2. The van der Waals surface area contributed by atoms with Gasteiger partial charge in [-0.05, 0) is 44.4 Å². The number of nitrogens with one attached hydrogen (secondary N) is 1. The fraction of sp³-hybridized carbons (Fsp3) is 0.438. The van der Waals surface area contributed by atoms with E-state index in [0.29, 0.717) is 29.4 Å². The summed E-state index contributed by atoms with van der Waals surface area (Å²) in [5.74, 6) is 0. The van der Waals surface area contributed by atoms with Gasteiger partial charge in [0.25, 0.3) is 0 Å². The normalized spacial score (nSPS) is 11.8. The van der Waals surface area contributed by atoms with E-state index in [0.717, 1.165) is 23.4 Å². The smallest absolute Gasteiger partial charge is 0.240 e. The minimum Gasteiger partial charge on any atom is -0.268 e. The second-order valence-electron chi connectivity index (χ2n) is 5.46. The number of rotatable bonds is 7. The number of hydrogen-bond donors (Lipinski definition) is 1. The molecule has 5 nitrogen and oxygen atoms in total. The van der Waals surface area contributed by atoms with Crippen LogP contribution in [0.2, 0.25) is 5.02 Å². The first kappa shape index (κ1) is 18.0. The molecule has 0 spiro atoms. The molecule has 0 aliphatic heterocycles. The zero-order chi connectivity index (χ0) is 17.0. The van der Waals surface area contributed by atoms with Crippen LogP contribution >= 0.6 is 11.6 Å². The van der Waals surface area contributed by atoms with Crippen LogP contribution in [-0.2, 0) is 23.0 Å². The van der Waals surface area contributed by atoms with E-state index in [1.165, 1.54) is 0 Å². The minimum atomic E-state index is -3.46. The highest BCUT2D eigenvalue weighted by Crippen LogP contribution is 2.19. The highest BCUT2D eigenvalue weighted by Gasteiger charge is 2.13. The summed E-state index contributed by atoms with van der Waals surface area (Å²) < 4.78 is 28.9. The van der Waals surface area contributed by atoms with Crippen molar-refractivity contribution in [3.8, 4) is 0 Å². The molecule has 126 valence electrons. The Morgan fingerprint density at radius 2 is 1.87 bits per heavy atom. The van der Waals surface area contributed by atoms with E-state index in [-0.39, 0.29) is 0 Å². The van der Waals surface area contributed by atoms with Gasteiger partial charge in [-0.2, -0.15) is 5.10 Å². The topological polar surface area (TPSA) is 64.0 Å². The summed E-state index contributed by atoms with van der Waals surface area (Å²) in [6.07, 6.45) is 1.53. The number of hydrogen-bond acceptors (Lipinski definition) is 3. The van der Waals surface area contributed by atoms with Gasteiger partial charge in [0.1, 0.15) is 0 Å². The quantitative estimate of drug-likeness (QED) is 0.776. The number of aryl methyl sites for hydroxylation is 3. The lowest BCUT2D eigenvalue weighted by Crippen LogP contribution is -2.25. The molecule has 0 saturated carbocycles. The van der Waals surface area contributed by atoms with Gasteiger partial charge >= 0.3 is 0 Å². The molecule has 23 heavy (non-hydrogen) atoms. The first-order valence-electron chi connectivity index (χ1n) is 7.63. The van der Waals surface area contributed by atoms with Gasteiger partial charge in [0.2, 0.25) is 10.0 Å². The molecule has 1 N–H and O–H groups in total. The van der Waals surface area contributed by atoms with Crippen molar-refractivity contribution in [3.63, 3.8) is 0 Å². The summed E-state index contributed by atoms with van der Waals surface area (Å²) in [4.78, 5) is 0.295. The summed E-state index contributed by atoms with van der Waals surface area (Å²) in [5, 5.41) is 5.00. The molecular weight excluding hydrogens is 334 g/mol. The number of benzene rings is 1. The van der Waals surface area contributed by atoms with Gasteiger partial charge in [-0.1, -0.05) is 30.7 Å². The fourth-order valence-electron chi connectivity index (χ4n) is 2.32. The van der Waals surface area contributed by atoms with Crippen LogP contribution in [0.15, 0.2) is 29.2 Å². The lowest BCUT2D eigenvalue weighted by molar-refractivity contribution is 0.544. The standard InChI is InChI=1S/C16H22ClN3O2S/c1-4-14-6-8-15(9-7-14)23(21,22)18-10-5-11-20-13(3)16(17)12(2)19-20/h6-9,18H,4-5,10-11H2,1-3H3. The monoisotopic (exact) mass is 355 g/mol. The van der Waals surface area contributed by atoms with Crippen molar-refractivity contribution < 1.29 is 8.42 Å². The Morgan fingerprint density at radius 1 is 1.22 bits per heavy atom. The average molecular weight is 356 g/mol. The lowest BCUT2D eigenvalue weighted by Gasteiger charge is -2.08. The van der Waals surface area contributed by atoms with Crippen LogP contribution in [0.1, 0.15) is 30.3 Å². The second kappa shape index (κ2) is 7.47. The van der Waals surface area contributed by atoms with Gasteiger partial charge in [-0.3, -0.25) is 4.68 Å². The predicted molar refractivity (Wildman–Crippen MR) is 92.3 cm³/mol. The summed E-state index contributed by atoms with van der Waals surface area (Å²) in [6, 6.07) is 6.96. The van der Waals surface area contributed by atoms with Crippen LogP contribution < -0.4 is 4.72 Å². The second-order valence-corrected chi connectivity index (χ2v) is 7.60. The van der Waals surface area contributed by atoms with Gasteiger partial charge in [-0.25, -0.2) is 13.1 Å². The van der Waals surface area contributed by atoms with Crippen LogP contribution in [0, 0.1) is 13.8 Å². The zero-order valence-electron chi connectivity index (χ0n) is 13.6. The first-order chi connectivity index (χ1) is 10.8. The van der Waals surface area contributed by atoms with Gasteiger partial charge < -0.3 is 0 Å². The molecule has 0 radical (unpaired) electrons. The van der Waals surface area contributed by atoms with Crippen molar-refractivity contribution in [2.24, 2.45) is 0 Å². The third-order valence-electron chi connectivity index (χ3n) is 3.77. The number of sulfonamides is 1. The molecule has 0 amide bonds. The highest BCUT2D eigenvalue weighted by atomic mass is 35.5. The molecule has 0 saturated heterocycles. The maximum Gasteiger partial charge on any atom is 0.240 e. The van der Waals surface area contributed by atoms with Crippen LogP contribution in [-0.4, -0.2) is 24.7 Å². The van der Waals surface area contributed by atoms with Crippen LogP contribution in [0.5, 0.6) is 0 Å². The SMILES string of the molecule is CCc1ccc(S(=O)(=O)NCCCn2nc(C)c(Cl)c2C)cc1.